The molecule has 0 amide bonds. The molecule has 1 aliphatic rings. The maximum atomic E-state index is 16.6. The van der Waals surface area contributed by atoms with E-state index < -0.39 is 15.8 Å². The number of halogens is 2. The van der Waals surface area contributed by atoms with Gasteiger partial charge in [0.15, 0.2) is 0 Å². The molecular formula is C41H38FIN6O2S2. The molecule has 0 fully saturated rings. The van der Waals surface area contributed by atoms with Crippen LogP contribution in [0.1, 0.15) is 68.0 Å². The van der Waals surface area contributed by atoms with Crippen molar-refractivity contribution in [3.8, 4) is 11.3 Å². The summed E-state index contributed by atoms with van der Waals surface area (Å²) in [5, 5.41) is 14.9. The zero-order valence-electron chi connectivity index (χ0n) is 29.6. The Morgan fingerprint density at radius 1 is 0.943 bits per heavy atom. The van der Waals surface area contributed by atoms with Gasteiger partial charge in [0.25, 0.3) is 10.0 Å². The van der Waals surface area contributed by atoms with E-state index in [2.05, 4.69) is 81.9 Å². The van der Waals surface area contributed by atoms with Gasteiger partial charge in [-0.1, -0.05) is 85.6 Å². The summed E-state index contributed by atoms with van der Waals surface area (Å²) in [7, 11) is -4.00. The van der Waals surface area contributed by atoms with Gasteiger partial charge in [0, 0.05) is 49.5 Å². The number of hydrogen-bond donors (Lipinski definition) is 0. The highest BCUT2D eigenvalue weighted by atomic mass is 127. The summed E-state index contributed by atoms with van der Waals surface area (Å²) in [5.74, 6) is -0.516. The average molecular weight is 857 g/mol. The largest absolute Gasteiger partial charge is 0.268 e. The zero-order chi connectivity index (χ0) is 36.9. The van der Waals surface area contributed by atoms with Crippen LogP contribution < -0.4 is 0 Å². The molecular weight excluding hydrogens is 819 g/mol. The van der Waals surface area contributed by atoms with E-state index in [0.29, 0.717) is 15.8 Å². The standard InChI is InChI=1S/C41H38FIN6O2S2/c1-27-13-15-32(16-14-27)53(50,51)49-21-17-33-34-25-47-26-39(44-46-47)41(2,3)19-5-4-12-37(29-9-6-10-30(43)22-29)48-20-18-36(45-48)28-8-7-11-31(23-28)52-40(34)35(42)24-38(33)49/h6-11,13-18,20-24,26,37H,4-5,12,19,25H2,1-3H3. The van der Waals surface area contributed by atoms with Gasteiger partial charge in [0.1, 0.15) is 5.82 Å². The molecule has 0 N–H and O–H groups in total. The highest BCUT2D eigenvalue weighted by Crippen LogP contribution is 2.40. The van der Waals surface area contributed by atoms with Crippen molar-refractivity contribution in [1.82, 2.24) is 28.7 Å². The average Bonchev–Trinajstić information content (AvgIpc) is 3.91. The minimum absolute atomic E-state index is 0.0765. The molecule has 8 rings (SSSR count). The van der Waals surface area contributed by atoms with E-state index >= 15 is 4.39 Å². The topological polar surface area (TPSA) is 87.6 Å². The molecule has 53 heavy (non-hydrogen) atoms. The second-order valence-electron chi connectivity index (χ2n) is 14.3. The fourth-order valence-corrected chi connectivity index (χ4v) is 10.1. The monoisotopic (exact) mass is 856 g/mol. The fraction of sp³-hybridized carbons (Fsp3) is 0.244. The Balaban J connectivity index is 1.26. The van der Waals surface area contributed by atoms with Crippen LogP contribution in [-0.2, 0) is 22.0 Å². The van der Waals surface area contributed by atoms with Gasteiger partial charge >= 0.3 is 0 Å². The van der Waals surface area contributed by atoms with Crippen molar-refractivity contribution in [3.63, 3.8) is 0 Å². The summed E-state index contributed by atoms with van der Waals surface area (Å²) in [6.07, 6.45) is 9.35. The Morgan fingerprint density at radius 3 is 2.57 bits per heavy atom. The van der Waals surface area contributed by atoms with Gasteiger partial charge in [0.2, 0.25) is 0 Å². The summed E-state index contributed by atoms with van der Waals surface area (Å²) in [5.41, 5.74) is 5.44. The molecule has 4 aromatic carbocycles. The molecule has 3 aromatic heterocycles. The van der Waals surface area contributed by atoms with Gasteiger partial charge < -0.3 is 0 Å². The van der Waals surface area contributed by atoms with Crippen molar-refractivity contribution in [2.75, 3.05) is 0 Å². The molecule has 1 aliphatic heterocycles. The van der Waals surface area contributed by atoms with E-state index in [-0.39, 0.29) is 28.4 Å². The molecule has 0 spiro atoms. The van der Waals surface area contributed by atoms with Gasteiger partial charge in [-0.15, -0.1) is 5.10 Å². The fourth-order valence-electron chi connectivity index (χ4n) is 7.12. The molecule has 0 saturated heterocycles. The van der Waals surface area contributed by atoms with Crippen LogP contribution in [0.15, 0.2) is 124 Å². The first-order valence-corrected chi connectivity index (χ1v) is 20.9. The molecule has 1 atom stereocenters. The van der Waals surface area contributed by atoms with Gasteiger partial charge in [0.05, 0.1) is 39.3 Å². The first kappa shape index (κ1) is 35.7. The zero-order valence-corrected chi connectivity index (χ0v) is 33.4. The highest BCUT2D eigenvalue weighted by molar-refractivity contribution is 14.1. The van der Waals surface area contributed by atoms with E-state index in [1.165, 1.54) is 37.1 Å². The van der Waals surface area contributed by atoms with Crippen LogP contribution in [0.3, 0.4) is 0 Å². The number of rotatable bonds is 3. The predicted octanol–water partition coefficient (Wildman–Crippen LogP) is 10.0. The Kier molecular flexibility index (Phi) is 9.56. The van der Waals surface area contributed by atoms with Crippen molar-refractivity contribution >= 4 is 55.3 Å². The predicted molar refractivity (Wildman–Crippen MR) is 215 cm³/mol. The molecule has 1 unspecified atom stereocenters. The Morgan fingerprint density at radius 2 is 1.75 bits per heavy atom. The number of nitrogens with zero attached hydrogens (tertiary/aromatic N) is 6. The summed E-state index contributed by atoms with van der Waals surface area (Å²) in [6, 6.07) is 28.5. The highest BCUT2D eigenvalue weighted by Gasteiger charge is 2.27. The molecule has 4 heterocycles. The number of aryl methyl sites for hydroxylation is 1. The summed E-state index contributed by atoms with van der Waals surface area (Å²) >= 11 is 3.68. The number of aromatic nitrogens is 6. The van der Waals surface area contributed by atoms with Crippen LogP contribution in [0.4, 0.5) is 4.39 Å². The van der Waals surface area contributed by atoms with Crippen molar-refractivity contribution in [2.24, 2.45) is 0 Å². The smallest absolute Gasteiger partial charge is 0.265 e. The number of hydrogen-bond acceptors (Lipinski definition) is 6. The number of fused-ring (bicyclic) bond motifs is 10. The minimum atomic E-state index is -4.00. The van der Waals surface area contributed by atoms with Crippen LogP contribution in [0.25, 0.3) is 22.2 Å². The molecule has 270 valence electrons. The lowest BCUT2D eigenvalue weighted by atomic mass is 9.83. The SMILES string of the molecule is Cc1ccc(S(=O)(=O)n2ccc3c4c(c(F)cc32)Sc2cccc(c2)-c2ccn(n2)C(c2cccc(I)c2)CCCCC(C)(C)c2cn(nn2)C4)cc1. The lowest BCUT2D eigenvalue weighted by Gasteiger charge is -2.23. The molecule has 7 aromatic rings. The van der Waals surface area contributed by atoms with Crippen LogP contribution in [-0.4, -0.2) is 37.2 Å². The van der Waals surface area contributed by atoms with Crippen LogP contribution in [0.2, 0.25) is 0 Å². The van der Waals surface area contributed by atoms with Crippen molar-refractivity contribution in [2.45, 2.75) is 79.1 Å². The van der Waals surface area contributed by atoms with Crippen LogP contribution in [0, 0.1) is 16.3 Å². The van der Waals surface area contributed by atoms with E-state index in [1.54, 1.807) is 35.0 Å². The van der Waals surface area contributed by atoms with Crippen molar-refractivity contribution in [1.29, 1.82) is 0 Å². The molecule has 0 aliphatic carbocycles. The second-order valence-corrected chi connectivity index (χ2v) is 18.5. The normalized spacial score (nSPS) is 16.4. The van der Waals surface area contributed by atoms with E-state index in [0.717, 1.165) is 53.1 Å². The Bertz CT molecular complexity index is 2580. The molecule has 12 heteroatoms. The number of benzene rings is 4. The lowest BCUT2D eigenvalue weighted by Crippen LogP contribution is -2.18. The molecule has 6 bridgehead atoms. The van der Waals surface area contributed by atoms with Crippen LogP contribution >= 0.6 is 34.4 Å². The third kappa shape index (κ3) is 7.08. The Labute approximate surface area is 326 Å². The second kappa shape index (κ2) is 14.2. The van der Waals surface area contributed by atoms with Gasteiger partial charge in [-0.05, 0) is 102 Å². The van der Waals surface area contributed by atoms with E-state index in [4.69, 9.17) is 5.10 Å². The van der Waals surface area contributed by atoms with Gasteiger partial charge in [-0.25, -0.2) is 21.5 Å². The van der Waals surface area contributed by atoms with Crippen LogP contribution in [0.5, 0.6) is 0 Å². The lowest BCUT2D eigenvalue weighted by molar-refractivity contribution is 0.409. The third-order valence-corrected chi connectivity index (χ3v) is 13.7. The maximum Gasteiger partial charge on any atom is 0.268 e. The molecule has 0 radical (unpaired) electrons. The first-order valence-electron chi connectivity index (χ1n) is 17.6. The maximum absolute atomic E-state index is 16.6. The molecule has 8 nitrogen and oxygen atoms in total. The summed E-state index contributed by atoms with van der Waals surface area (Å²) in [6.45, 7) is 6.48. The van der Waals surface area contributed by atoms with Gasteiger partial charge in [-0.2, -0.15) is 5.10 Å². The Hall–Kier alpha value is -4.27. The summed E-state index contributed by atoms with van der Waals surface area (Å²) < 4.78 is 50.5. The molecule has 0 saturated carbocycles. The minimum Gasteiger partial charge on any atom is -0.265 e. The van der Waals surface area contributed by atoms with Gasteiger partial charge in [-0.3, -0.25) is 4.68 Å². The van der Waals surface area contributed by atoms with Crippen molar-refractivity contribution in [3.05, 3.63) is 141 Å². The van der Waals surface area contributed by atoms with E-state index in [1.807, 2.05) is 43.5 Å². The van der Waals surface area contributed by atoms with E-state index in [9.17, 15) is 8.42 Å². The third-order valence-electron chi connectivity index (χ3n) is 10.1. The first-order chi connectivity index (χ1) is 25.5. The van der Waals surface area contributed by atoms with Crippen molar-refractivity contribution < 1.29 is 12.8 Å². The summed E-state index contributed by atoms with van der Waals surface area (Å²) in [4.78, 5) is 1.37. The quantitative estimate of drug-likeness (QED) is 0.165.